The molecular formula is C39H52N2O. The van der Waals surface area contributed by atoms with Crippen LogP contribution in [0, 0.1) is 46.3 Å². The lowest BCUT2D eigenvalue weighted by molar-refractivity contribution is -0.0652. The van der Waals surface area contributed by atoms with Crippen molar-refractivity contribution in [2.45, 2.75) is 111 Å². The monoisotopic (exact) mass is 564 g/mol. The minimum absolute atomic E-state index is 0.135. The maximum absolute atomic E-state index is 11.1. The molecule has 0 spiro atoms. The Balaban J connectivity index is 1.15. The molecule has 3 heteroatoms. The van der Waals surface area contributed by atoms with Gasteiger partial charge in [-0.3, -0.25) is 0 Å². The smallest absolute Gasteiger partial charge is 0.0957 e. The summed E-state index contributed by atoms with van der Waals surface area (Å²) >= 11 is 0. The summed E-state index contributed by atoms with van der Waals surface area (Å²) in [7, 11) is 0. The van der Waals surface area contributed by atoms with Gasteiger partial charge >= 0.3 is 0 Å². The van der Waals surface area contributed by atoms with Gasteiger partial charge in [-0.15, -0.1) is 5.11 Å². The van der Waals surface area contributed by atoms with Gasteiger partial charge < -0.3 is 5.11 Å². The first-order valence-corrected chi connectivity index (χ1v) is 17.2. The van der Waals surface area contributed by atoms with E-state index in [1.807, 2.05) is 0 Å². The summed E-state index contributed by atoms with van der Waals surface area (Å²) in [5.74, 6) is 5.28. The van der Waals surface area contributed by atoms with E-state index >= 15 is 0 Å². The fraction of sp³-hybridized carbons (Fsp3) is 0.641. The van der Waals surface area contributed by atoms with Crippen molar-refractivity contribution >= 4 is 11.4 Å². The molecule has 4 aliphatic carbocycles. The van der Waals surface area contributed by atoms with Crippen molar-refractivity contribution in [1.29, 1.82) is 0 Å². The molecule has 0 saturated heterocycles. The third-order valence-electron chi connectivity index (χ3n) is 13.3. The maximum Gasteiger partial charge on any atom is 0.0957 e. The highest BCUT2D eigenvalue weighted by Crippen LogP contribution is 2.69. The van der Waals surface area contributed by atoms with Crippen molar-refractivity contribution in [2.75, 3.05) is 0 Å². The maximum atomic E-state index is 11.1. The van der Waals surface area contributed by atoms with E-state index in [1.165, 1.54) is 62.5 Å². The van der Waals surface area contributed by atoms with Gasteiger partial charge in [0.15, 0.2) is 0 Å². The zero-order chi connectivity index (χ0) is 29.2. The average Bonchev–Trinajstić information content (AvgIpc) is 3.52. The number of azo groups is 1. The molecule has 2 aromatic carbocycles. The number of fused-ring (bicyclic) bond motifs is 7. The zero-order valence-corrected chi connectivity index (χ0v) is 26.7. The first-order chi connectivity index (χ1) is 20.2. The summed E-state index contributed by atoms with van der Waals surface area (Å²) in [6, 6.07) is 15.5. The Morgan fingerprint density at radius 1 is 0.929 bits per heavy atom. The topological polar surface area (TPSA) is 45.0 Å². The largest absolute Gasteiger partial charge is 0.393 e. The van der Waals surface area contributed by atoms with Crippen LogP contribution in [0.2, 0.25) is 0 Å². The lowest BCUT2D eigenvalue weighted by atomic mass is 9.44. The number of benzene rings is 2. The molecule has 42 heavy (non-hydrogen) atoms. The van der Waals surface area contributed by atoms with E-state index in [0.29, 0.717) is 11.3 Å². The summed E-state index contributed by atoms with van der Waals surface area (Å²) in [4.78, 5) is 0. The van der Waals surface area contributed by atoms with Crippen LogP contribution in [0.5, 0.6) is 0 Å². The van der Waals surface area contributed by atoms with Crippen LogP contribution in [0.25, 0.3) is 11.1 Å². The lowest BCUT2D eigenvalue weighted by Crippen LogP contribution is -2.53. The first kappa shape index (κ1) is 28.5. The van der Waals surface area contributed by atoms with E-state index in [-0.39, 0.29) is 11.5 Å². The molecule has 7 rings (SSSR count). The van der Waals surface area contributed by atoms with Crippen molar-refractivity contribution in [1.82, 2.24) is 0 Å². The van der Waals surface area contributed by atoms with Gasteiger partial charge in [0.25, 0.3) is 0 Å². The molecule has 0 amide bonds. The zero-order valence-electron chi connectivity index (χ0n) is 26.7. The van der Waals surface area contributed by atoms with Crippen LogP contribution >= 0.6 is 0 Å². The van der Waals surface area contributed by atoms with Crippen molar-refractivity contribution in [3.8, 4) is 11.1 Å². The summed E-state index contributed by atoms with van der Waals surface area (Å²) in [5.41, 5.74) is 7.86. The molecule has 3 fully saturated rings. The number of aliphatic hydroxyl groups excluding tert-OH is 1. The summed E-state index contributed by atoms with van der Waals surface area (Å²) in [6.07, 6.45) is 15.1. The van der Waals surface area contributed by atoms with Crippen molar-refractivity contribution in [2.24, 2.45) is 56.6 Å². The van der Waals surface area contributed by atoms with Gasteiger partial charge in [-0.2, -0.15) is 5.11 Å². The van der Waals surface area contributed by atoms with Gasteiger partial charge in [0, 0.05) is 5.56 Å². The fourth-order valence-electron chi connectivity index (χ4n) is 11.2. The third-order valence-corrected chi connectivity index (χ3v) is 13.3. The van der Waals surface area contributed by atoms with E-state index in [1.54, 1.807) is 5.57 Å². The highest BCUT2D eigenvalue weighted by Gasteiger charge is 2.61. The Labute approximate surface area is 254 Å². The molecule has 3 nitrogen and oxygen atoms in total. The molecule has 1 N–H and O–H groups in total. The Kier molecular flexibility index (Phi) is 7.28. The van der Waals surface area contributed by atoms with Crippen molar-refractivity contribution in [3.05, 3.63) is 59.7 Å². The molecular weight excluding hydrogens is 512 g/mol. The predicted octanol–water partition coefficient (Wildman–Crippen LogP) is 11.2. The normalized spacial score (nSPS) is 37.3. The molecule has 1 aliphatic heterocycles. The average molecular weight is 565 g/mol. The van der Waals surface area contributed by atoms with E-state index in [0.717, 1.165) is 65.3 Å². The highest BCUT2D eigenvalue weighted by atomic mass is 16.3. The third kappa shape index (κ3) is 4.56. The standard InChI is InChI=1S/C39H52N2O/c1-24(2)7-6-8-25(3)33-17-18-34-32-15-13-28-21-30(42)23-36(39(28,5)35(32)19-20-38(33,34)4)27-11-9-26(10-12-27)31-16-14-29-22-37(31)41-40-29/h9-14,16,22,24-25,30,32-36,42H,6-8,15,17-21,23H2,1-5H3/t25-,30-,32+,33-,34+,35+,36?,38-,39-/m1/s1. The van der Waals surface area contributed by atoms with E-state index in [9.17, 15) is 5.11 Å². The number of nitrogens with zero attached hydrogens (tertiary/aromatic N) is 2. The second-order valence-corrected chi connectivity index (χ2v) is 15.8. The Morgan fingerprint density at radius 2 is 1.74 bits per heavy atom. The molecule has 1 unspecified atom stereocenters. The van der Waals surface area contributed by atoms with Crippen LogP contribution in [0.4, 0.5) is 11.4 Å². The van der Waals surface area contributed by atoms with Gasteiger partial charge in [-0.05, 0) is 127 Å². The lowest BCUT2D eigenvalue weighted by Gasteiger charge is -2.60. The number of hydrogen-bond acceptors (Lipinski definition) is 3. The van der Waals surface area contributed by atoms with Gasteiger partial charge in [-0.25, -0.2) is 0 Å². The molecule has 224 valence electrons. The molecule has 0 aromatic heterocycles. The van der Waals surface area contributed by atoms with Crippen molar-refractivity contribution in [3.63, 3.8) is 0 Å². The SMILES string of the molecule is CC(C)CCC[C@@H](C)[C@H]1CC[C@H]2[C@@H]3CC=C4C[C@@H](O)CC(c5ccc(-c6ccc7cc6N=N7)cc5)[C@@]4(C)[C@H]3CC[C@]12C. The number of allylic oxidation sites excluding steroid dienone is 1. The van der Waals surface area contributed by atoms with Crippen molar-refractivity contribution < 1.29 is 5.11 Å². The van der Waals surface area contributed by atoms with E-state index < -0.39 is 0 Å². The summed E-state index contributed by atoms with van der Waals surface area (Å²) in [6.45, 7) is 12.6. The molecule has 9 atom stereocenters. The van der Waals surface area contributed by atoms with Crippen LogP contribution in [-0.2, 0) is 0 Å². The second-order valence-electron chi connectivity index (χ2n) is 15.8. The quantitative estimate of drug-likeness (QED) is 0.285. The van der Waals surface area contributed by atoms with Crippen LogP contribution in [0.3, 0.4) is 0 Å². The molecule has 2 bridgehead atoms. The Hall–Kier alpha value is -2.26. The molecule has 0 radical (unpaired) electrons. The number of aliphatic hydroxyl groups is 1. The Bertz CT molecular complexity index is 1370. The first-order valence-electron chi connectivity index (χ1n) is 17.2. The minimum atomic E-state index is -0.240. The molecule has 3 saturated carbocycles. The van der Waals surface area contributed by atoms with Gasteiger partial charge in [0.05, 0.1) is 17.5 Å². The molecule has 5 aliphatic rings. The van der Waals surface area contributed by atoms with E-state index in [4.69, 9.17) is 0 Å². The Morgan fingerprint density at radius 3 is 2.52 bits per heavy atom. The highest BCUT2D eigenvalue weighted by molar-refractivity contribution is 5.79. The van der Waals surface area contributed by atoms with Crippen LogP contribution in [-0.4, -0.2) is 11.2 Å². The molecule has 1 heterocycles. The number of hydrogen-bond donors (Lipinski definition) is 1. The van der Waals surface area contributed by atoms with Crippen LogP contribution in [0.1, 0.15) is 110 Å². The predicted molar refractivity (Wildman–Crippen MR) is 173 cm³/mol. The summed E-state index contributed by atoms with van der Waals surface area (Å²) < 4.78 is 0. The summed E-state index contributed by atoms with van der Waals surface area (Å²) in [5, 5.41) is 19.7. The van der Waals surface area contributed by atoms with Gasteiger partial charge in [-0.1, -0.05) is 89.8 Å². The van der Waals surface area contributed by atoms with Crippen LogP contribution in [0.15, 0.2) is 64.3 Å². The minimum Gasteiger partial charge on any atom is -0.393 e. The van der Waals surface area contributed by atoms with Gasteiger partial charge in [0.1, 0.15) is 0 Å². The number of rotatable bonds is 7. The van der Waals surface area contributed by atoms with E-state index in [2.05, 4.69) is 93.4 Å². The molecule has 2 aromatic rings. The second kappa shape index (κ2) is 10.7. The van der Waals surface area contributed by atoms with Gasteiger partial charge in [0.2, 0.25) is 0 Å². The fourth-order valence-corrected chi connectivity index (χ4v) is 11.2. The van der Waals surface area contributed by atoms with Crippen LogP contribution < -0.4 is 0 Å².